The molecule has 5 nitrogen and oxygen atoms in total. The zero-order chi connectivity index (χ0) is 21.4. The molecule has 31 heavy (non-hydrogen) atoms. The van der Waals surface area contributed by atoms with Gasteiger partial charge >= 0.3 is 0 Å². The van der Waals surface area contributed by atoms with Crippen LogP contribution in [0.3, 0.4) is 0 Å². The third-order valence-electron chi connectivity index (χ3n) is 6.92. The average Bonchev–Trinajstić information content (AvgIpc) is 3.05. The maximum absolute atomic E-state index is 13.7. The van der Waals surface area contributed by atoms with Crippen molar-refractivity contribution < 1.29 is 14.4 Å². The van der Waals surface area contributed by atoms with Crippen molar-refractivity contribution in [1.29, 1.82) is 0 Å². The second-order valence-electron chi connectivity index (χ2n) is 8.31. The molecule has 2 bridgehead atoms. The minimum Gasteiger partial charge on any atom is -0.366 e. The summed E-state index contributed by atoms with van der Waals surface area (Å²) in [5.41, 5.74) is 10.3. The van der Waals surface area contributed by atoms with Gasteiger partial charge in [-0.3, -0.25) is 14.4 Å². The lowest BCUT2D eigenvalue weighted by molar-refractivity contribution is -0.122. The van der Waals surface area contributed by atoms with E-state index in [1.165, 1.54) is 17.0 Å². The average molecular weight is 429 g/mol. The second kappa shape index (κ2) is 6.28. The van der Waals surface area contributed by atoms with E-state index in [4.69, 9.17) is 17.3 Å². The van der Waals surface area contributed by atoms with Gasteiger partial charge in [0.05, 0.1) is 28.1 Å². The Hall–Kier alpha value is -3.44. The van der Waals surface area contributed by atoms with E-state index < -0.39 is 17.7 Å². The monoisotopic (exact) mass is 428 g/mol. The zero-order valence-electron chi connectivity index (χ0n) is 16.3. The largest absolute Gasteiger partial charge is 0.366 e. The Morgan fingerprint density at radius 3 is 1.65 bits per heavy atom. The highest BCUT2D eigenvalue weighted by molar-refractivity contribution is 6.34. The number of carbonyl (C=O) groups is 3. The molecule has 2 unspecified atom stereocenters. The summed E-state index contributed by atoms with van der Waals surface area (Å²) in [5.74, 6) is -2.50. The predicted octanol–water partition coefficient (Wildman–Crippen LogP) is 3.84. The van der Waals surface area contributed by atoms with Crippen molar-refractivity contribution in [1.82, 2.24) is 0 Å². The van der Waals surface area contributed by atoms with Crippen LogP contribution in [0.5, 0.6) is 0 Å². The van der Waals surface area contributed by atoms with Crippen LogP contribution in [-0.4, -0.2) is 17.7 Å². The maximum Gasteiger partial charge on any atom is 0.250 e. The van der Waals surface area contributed by atoms with Gasteiger partial charge in [-0.2, -0.15) is 0 Å². The smallest absolute Gasteiger partial charge is 0.250 e. The number of anilines is 1. The number of hydrogen-bond acceptors (Lipinski definition) is 3. The number of nitrogens with two attached hydrogens (primary N) is 1. The van der Waals surface area contributed by atoms with E-state index in [0.29, 0.717) is 5.69 Å². The molecule has 0 aromatic heterocycles. The highest BCUT2D eigenvalue weighted by Crippen LogP contribution is 2.61. The van der Waals surface area contributed by atoms with Crippen molar-refractivity contribution in [2.45, 2.75) is 11.8 Å². The molecule has 0 spiro atoms. The molecule has 152 valence electrons. The number of hydrogen-bond donors (Lipinski definition) is 1. The molecule has 1 heterocycles. The predicted molar refractivity (Wildman–Crippen MR) is 116 cm³/mol. The van der Waals surface area contributed by atoms with Gasteiger partial charge in [-0.1, -0.05) is 60.1 Å². The normalized spacial score (nSPS) is 25.3. The maximum atomic E-state index is 13.7. The van der Waals surface area contributed by atoms with E-state index >= 15 is 0 Å². The molecule has 2 atom stereocenters. The number of benzene rings is 3. The van der Waals surface area contributed by atoms with Gasteiger partial charge < -0.3 is 5.73 Å². The number of primary amides is 1. The lowest BCUT2D eigenvalue weighted by Gasteiger charge is -2.45. The Labute approximate surface area is 183 Å². The van der Waals surface area contributed by atoms with Gasteiger partial charge in [0.2, 0.25) is 17.7 Å². The highest BCUT2D eigenvalue weighted by atomic mass is 35.5. The summed E-state index contributed by atoms with van der Waals surface area (Å²) in [4.78, 5) is 40.3. The summed E-state index contributed by atoms with van der Waals surface area (Å²) in [6.07, 6.45) is 0. The lowest BCUT2D eigenvalue weighted by atomic mass is 9.55. The van der Waals surface area contributed by atoms with Gasteiger partial charge in [0, 0.05) is 11.8 Å². The first-order valence-corrected chi connectivity index (χ1v) is 10.5. The third-order valence-corrected chi connectivity index (χ3v) is 7.25. The summed E-state index contributed by atoms with van der Waals surface area (Å²) in [5, 5.41) is 0.188. The number of rotatable bonds is 2. The molecule has 1 fully saturated rings. The van der Waals surface area contributed by atoms with Crippen LogP contribution in [0, 0.1) is 11.8 Å². The van der Waals surface area contributed by atoms with E-state index in [2.05, 4.69) is 24.3 Å². The van der Waals surface area contributed by atoms with Crippen LogP contribution in [-0.2, 0) is 9.59 Å². The molecular formula is C25H17ClN2O3. The molecule has 7 rings (SSSR count). The van der Waals surface area contributed by atoms with Crippen LogP contribution < -0.4 is 10.6 Å². The Bertz CT molecular complexity index is 1200. The van der Waals surface area contributed by atoms with Crippen LogP contribution >= 0.6 is 11.6 Å². The molecule has 3 aromatic carbocycles. The number of nitrogens with zero attached hydrogens (tertiary/aromatic N) is 1. The number of halogens is 1. The van der Waals surface area contributed by atoms with E-state index in [9.17, 15) is 14.4 Å². The van der Waals surface area contributed by atoms with Crippen LogP contribution in [0.25, 0.3) is 0 Å². The Balaban J connectivity index is 1.54. The molecule has 4 aliphatic rings. The first-order valence-electron chi connectivity index (χ1n) is 10.1. The molecular weight excluding hydrogens is 412 g/mol. The van der Waals surface area contributed by atoms with Crippen LogP contribution in [0.1, 0.15) is 44.4 Å². The summed E-state index contributed by atoms with van der Waals surface area (Å²) < 4.78 is 0. The first-order chi connectivity index (χ1) is 15.0. The van der Waals surface area contributed by atoms with Crippen LogP contribution in [0.2, 0.25) is 5.02 Å². The SMILES string of the molecule is NC(=O)c1cc(N2C(=O)C3C4c5ccccc5C(c5ccccc54)C3C2=O)ccc1Cl. The topological polar surface area (TPSA) is 80.5 Å². The van der Waals surface area contributed by atoms with E-state index in [1.54, 1.807) is 6.07 Å². The standard InChI is InChI=1S/C25H17ClN2O3/c26-18-10-9-12(11-17(18)23(27)29)28-24(30)21-19-13-5-1-2-6-14(13)20(22(21)25(28)31)16-8-4-3-7-15(16)19/h1-11,19-22H,(H2,27,29). The third kappa shape index (κ3) is 2.29. The Morgan fingerprint density at radius 1 is 0.774 bits per heavy atom. The summed E-state index contributed by atoms with van der Waals surface area (Å²) in [6.45, 7) is 0. The van der Waals surface area contributed by atoms with Crippen LogP contribution in [0.4, 0.5) is 5.69 Å². The molecule has 3 amide bonds. The summed E-state index contributed by atoms with van der Waals surface area (Å²) in [7, 11) is 0. The van der Waals surface area contributed by atoms with E-state index in [0.717, 1.165) is 22.3 Å². The Kier molecular flexibility index (Phi) is 3.72. The summed E-state index contributed by atoms with van der Waals surface area (Å²) in [6, 6.07) is 20.7. The highest BCUT2D eigenvalue weighted by Gasteiger charge is 2.61. The number of amides is 3. The van der Waals surface area contributed by atoms with Gasteiger partial charge in [-0.05, 0) is 40.5 Å². The van der Waals surface area contributed by atoms with Crippen molar-refractivity contribution in [3.05, 3.63) is 99.6 Å². The number of imide groups is 1. The summed E-state index contributed by atoms with van der Waals surface area (Å²) >= 11 is 6.08. The minimum absolute atomic E-state index is 0.0872. The van der Waals surface area contributed by atoms with Crippen molar-refractivity contribution >= 4 is 35.0 Å². The fraction of sp³-hybridized carbons (Fsp3) is 0.160. The fourth-order valence-electron chi connectivity index (χ4n) is 5.77. The minimum atomic E-state index is -0.705. The van der Waals surface area contributed by atoms with Gasteiger partial charge in [0.1, 0.15) is 0 Å². The zero-order valence-corrected chi connectivity index (χ0v) is 17.0. The molecule has 1 saturated heterocycles. The van der Waals surface area contributed by atoms with E-state index in [1.807, 2.05) is 24.3 Å². The van der Waals surface area contributed by atoms with Gasteiger partial charge in [0.15, 0.2) is 0 Å². The lowest BCUT2D eigenvalue weighted by Crippen LogP contribution is -2.41. The van der Waals surface area contributed by atoms with Gasteiger partial charge in [-0.15, -0.1) is 0 Å². The van der Waals surface area contributed by atoms with Crippen molar-refractivity contribution in [2.75, 3.05) is 4.90 Å². The van der Waals surface area contributed by atoms with Gasteiger partial charge in [0.25, 0.3) is 0 Å². The van der Waals surface area contributed by atoms with Crippen molar-refractivity contribution in [3.63, 3.8) is 0 Å². The van der Waals surface area contributed by atoms with E-state index in [-0.39, 0.29) is 34.2 Å². The molecule has 3 aromatic rings. The first kappa shape index (κ1) is 18.3. The second-order valence-corrected chi connectivity index (χ2v) is 8.71. The quantitative estimate of drug-likeness (QED) is 0.630. The molecule has 0 saturated carbocycles. The van der Waals surface area contributed by atoms with Crippen molar-refractivity contribution in [3.8, 4) is 0 Å². The Morgan fingerprint density at radius 2 is 1.23 bits per heavy atom. The van der Waals surface area contributed by atoms with Crippen LogP contribution in [0.15, 0.2) is 66.7 Å². The number of carbonyl (C=O) groups excluding carboxylic acids is 3. The molecule has 2 N–H and O–H groups in total. The van der Waals surface area contributed by atoms with Gasteiger partial charge in [-0.25, -0.2) is 4.90 Å². The van der Waals surface area contributed by atoms with Crippen molar-refractivity contribution in [2.24, 2.45) is 17.6 Å². The molecule has 0 radical (unpaired) electrons. The molecule has 6 heteroatoms. The fourth-order valence-corrected chi connectivity index (χ4v) is 5.98. The molecule has 3 aliphatic carbocycles. The molecule has 1 aliphatic heterocycles.